The molecule has 0 aliphatic heterocycles. The fourth-order valence-corrected chi connectivity index (χ4v) is 8.92. The Hall–Kier alpha value is -4.34. The van der Waals surface area contributed by atoms with Crippen LogP contribution in [0.4, 0.5) is 10.2 Å². The molecule has 1 unspecified atom stereocenters. The second kappa shape index (κ2) is 28.4. The standard InChI is InChI=1S/C48H70FN6O6P/c1-4-6-7-8-9-10-11-12-13-14-15-16-17-18-19-20-21-22-29-36-59-46(56)42(37-40-30-25-23-26-31-40)54-62(57,61-41-32-27-24-28-33-41)60-38-48(5-2,58-3)34-35-55-39-51-43-44(50)52-47(49)53-45(43)55/h2,23-28,30-33,39,42H,4,6-22,29,34-38H2,1,3H3,(H,54,57)(H2,50,52,53)/t42-,48-,62?/m0/s1. The number of para-hydroxylation sites is 1. The minimum absolute atomic E-state index is 0.0937. The molecule has 3 atom stereocenters. The van der Waals surface area contributed by atoms with Crippen molar-refractivity contribution >= 4 is 30.7 Å². The van der Waals surface area contributed by atoms with Gasteiger partial charge >= 0.3 is 19.8 Å². The lowest BCUT2D eigenvalue weighted by molar-refractivity contribution is -0.146. The zero-order valence-corrected chi connectivity index (χ0v) is 38.0. The molecule has 62 heavy (non-hydrogen) atoms. The van der Waals surface area contributed by atoms with Crippen molar-refractivity contribution in [2.24, 2.45) is 0 Å². The van der Waals surface area contributed by atoms with E-state index in [0.29, 0.717) is 0 Å². The number of unbranched alkanes of at least 4 members (excludes halogenated alkanes) is 18. The van der Waals surface area contributed by atoms with E-state index in [4.69, 9.17) is 30.7 Å². The molecule has 340 valence electrons. The molecule has 2 heterocycles. The SMILES string of the molecule is C#C[C@](CCn1cnc2c(N)nc(F)nc21)(COP(=O)(N[C@@H](Cc1ccccc1)C(=O)OCCCCCCCCCCCCCCCCCCCCC)Oc1ccccc1)OC. The minimum atomic E-state index is -4.36. The van der Waals surface area contributed by atoms with Gasteiger partial charge in [-0.2, -0.15) is 19.4 Å². The zero-order chi connectivity index (χ0) is 44.3. The number of benzene rings is 2. The van der Waals surface area contributed by atoms with Gasteiger partial charge in [0.05, 0.1) is 19.5 Å². The van der Waals surface area contributed by atoms with E-state index in [9.17, 15) is 13.8 Å². The molecule has 0 saturated heterocycles. The summed E-state index contributed by atoms with van der Waals surface area (Å²) in [5.41, 5.74) is 5.64. The molecule has 0 spiro atoms. The number of ether oxygens (including phenoxy) is 2. The third kappa shape index (κ3) is 18.2. The van der Waals surface area contributed by atoms with E-state index >= 15 is 0 Å². The zero-order valence-electron chi connectivity index (χ0n) is 37.1. The quantitative estimate of drug-likeness (QED) is 0.0152. The number of hydrogen-bond donors (Lipinski definition) is 2. The number of aryl methyl sites for hydroxylation is 1. The van der Waals surface area contributed by atoms with Gasteiger partial charge in [-0.15, -0.1) is 6.42 Å². The second-order valence-electron chi connectivity index (χ2n) is 16.2. The Morgan fingerprint density at radius 1 is 0.855 bits per heavy atom. The number of carbonyl (C=O) groups is 1. The first kappa shape index (κ1) is 50.3. The topological polar surface area (TPSA) is 153 Å². The predicted molar refractivity (Wildman–Crippen MR) is 245 cm³/mol. The van der Waals surface area contributed by atoms with Gasteiger partial charge in [-0.1, -0.05) is 177 Å². The molecule has 3 N–H and O–H groups in total. The Kier molecular flexibility index (Phi) is 23.0. The second-order valence-corrected chi connectivity index (χ2v) is 17.9. The molecule has 0 aliphatic carbocycles. The minimum Gasteiger partial charge on any atom is -0.465 e. The number of nitrogens with zero attached hydrogens (tertiary/aromatic N) is 4. The van der Waals surface area contributed by atoms with Crippen molar-refractivity contribution in [1.29, 1.82) is 0 Å². The summed E-state index contributed by atoms with van der Waals surface area (Å²) in [6.45, 7) is 2.27. The van der Waals surface area contributed by atoms with Crippen molar-refractivity contribution in [3.8, 4) is 18.1 Å². The van der Waals surface area contributed by atoms with Crippen LogP contribution in [0, 0.1) is 18.4 Å². The lowest BCUT2D eigenvalue weighted by atomic mass is 10.0. The number of anilines is 1. The highest BCUT2D eigenvalue weighted by atomic mass is 31.2. The van der Waals surface area contributed by atoms with Gasteiger partial charge in [0.25, 0.3) is 0 Å². The molecule has 4 rings (SSSR count). The fraction of sp³-hybridized carbons (Fsp3) is 0.583. The van der Waals surface area contributed by atoms with E-state index in [0.717, 1.165) is 24.8 Å². The molecule has 4 aromatic rings. The number of imidazole rings is 1. The Morgan fingerprint density at radius 2 is 1.40 bits per heavy atom. The molecule has 2 aromatic carbocycles. The van der Waals surface area contributed by atoms with Crippen molar-refractivity contribution in [2.45, 2.75) is 160 Å². The maximum atomic E-state index is 14.7. The molecule has 14 heteroatoms. The first-order valence-electron chi connectivity index (χ1n) is 22.8. The van der Waals surface area contributed by atoms with E-state index in [2.05, 4.69) is 32.9 Å². The molecule has 0 aliphatic rings. The van der Waals surface area contributed by atoms with Crippen LogP contribution >= 0.6 is 7.75 Å². The lowest BCUT2D eigenvalue weighted by Crippen LogP contribution is -2.41. The number of aromatic nitrogens is 4. The third-order valence-electron chi connectivity index (χ3n) is 11.2. The Balaban J connectivity index is 1.26. The largest absolute Gasteiger partial charge is 0.465 e. The van der Waals surface area contributed by atoms with Gasteiger partial charge in [0.2, 0.25) is 0 Å². The van der Waals surface area contributed by atoms with E-state index in [1.165, 1.54) is 116 Å². The molecule has 0 amide bonds. The average molecular weight is 877 g/mol. The van der Waals surface area contributed by atoms with Crippen molar-refractivity contribution < 1.29 is 32.3 Å². The number of nitrogen functional groups attached to an aromatic ring is 1. The molecule has 0 saturated carbocycles. The summed E-state index contributed by atoms with van der Waals surface area (Å²) < 4.78 is 53.9. The van der Waals surface area contributed by atoms with Gasteiger partial charge in [0.15, 0.2) is 17.1 Å². The summed E-state index contributed by atoms with van der Waals surface area (Å²) in [6.07, 6.45) is 31.0. The monoisotopic (exact) mass is 877 g/mol. The van der Waals surface area contributed by atoms with Crippen molar-refractivity contribution in [3.63, 3.8) is 0 Å². The number of nitrogens with one attached hydrogen (secondary N) is 1. The van der Waals surface area contributed by atoms with Crippen LogP contribution in [0.5, 0.6) is 5.75 Å². The molecule has 12 nitrogen and oxygen atoms in total. The van der Waals surface area contributed by atoms with Gasteiger partial charge in [0.1, 0.15) is 17.3 Å². The first-order valence-corrected chi connectivity index (χ1v) is 24.4. The highest BCUT2D eigenvalue weighted by Crippen LogP contribution is 2.46. The van der Waals surface area contributed by atoms with Gasteiger partial charge in [-0.3, -0.25) is 9.32 Å². The van der Waals surface area contributed by atoms with Crippen LogP contribution < -0.4 is 15.3 Å². The molecular weight excluding hydrogens is 807 g/mol. The first-order chi connectivity index (χ1) is 30.2. The summed E-state index contributed by atoms with van der Waals surface area (Å²) in [7, 11) is -2.96. The van der Waals surface area contributed by atoms with Crippen LogP contribution in [0.15, 0.2) is 67.0 Å². The van der Waals surface area contributed by atoms with Gasteiger partial charge in [0, 0.05) is 20.1 Å². The van der Waals surface area contributed by atoms with Crippen LogP contribution in [0.3, 0.4) is 0 Å². The normalized spacial score (nSPS) is 13.9. The number of halogens is 1. The Morgan fingerprint density at radius 3 is 1.95 bits per heavy atom. The van der Waals surface area contributed by atoms with Crippen LogP contribution in [0.1, 0.15) is 141 Å². The summed E-state index contributed by atoms with van der Waals surface area (Å²) in [5.74, 6) is 2.20. The molecule has 0 radical (unpaired) electrons. The molecular formula is C48H70FN6O6P. The maximum absolute atomic E-state index is 14.7. The average Bonchev–Trinajstić information content (AvgIpc) is 3.69. The van der Waals surface area contributed by atoms with Crippen LogP contribution in [-0.2, 0) is 36.3 Å². The molecule has 0 bridgehead atoms. The number of fused-ring (bicyclic) bond motifs is 1. The third-order valence-corrected chi connectivity index (χ3v) is 12.7. The predicted octanol–water partition coefficient (Wildman–Crippen LogP) is 11.3. The number of terminal acetylenes is 1. The summed E-state index contributed by atoms with van der Waals surface area (Å²) in [4.78, 5) is 25.3. The maximum Gasteiger partial charge on any atom is 0.459 e. The highest BCUT2D eigenvalue weighted by molar-refractivity contribution is 7.52. The summed E-state index contributed by atoms with van der Waals surface area (Å²) in [6, 6.07) is 16.8. The number of nitrogens with two attached hydrogens (primary N) is 1. The van der Waals surface area contributed by atoms with Crippen LogP contribution in [0.25, 0.3) is 11.2 Å². The van der Waals surface area contributed by atoms with Crippen LogP contribution in [0.2, 0.25) is 0 Å². The Bertz CT molecular complexity index is 1950. The summed E-state index contributed by atoms with van der Waals surface area (Å²) >= 11 is 0. The van der Waals surface area contributed by atoms with Crippen LogP contribution in [-0.4, -0.2) is 57.5 Å². The lowest BCUT2D eigenvalue weighted by Gasteiger charge is -2.30. The summed E-state index contributed by atoms with van der Waals surface area (Å²) in [5, 5.41) is 2.89. The molecule has 0 fully saturated rings. The fourth-order valence-electron chi connectivity index (χ4n) is 7.38. The van der Waals surface area contributed by atoms with E-state index in [1.54, 1.807) is 34.9 Å². The van der Waals surface area contributed by atoms with E-state index in [-0.39, 0.29) is 48.7 Å². The number of rotatable bonds is 34. The number of esters is 1. The smallest absolute Gasteiger partial charge is 0.459 e. The highest BCUT2D eigenvalue weighted by Gasteiger charge is 2.39. The van der Waals surface area contributed by atoms with Gasteiger partial charge in [-0.25, -0.2) is 9.55 Å². The number of methoxy groups -OCH3 is 1. The van der Waals surface area contributed by atoms with Crippen molar-refractivity contribution in [3.05, 3.63) is 78.6 Å². The van der Waals surface area contributed by atoms with E-state index < -0.39 is 38.0 Å². The Labute approximate surface area is 369 Å². The van der Waals surface area contributed by atoms with Crippen molar-refractivity contribution in [1.82, 2.24) is 24.6 Å². The molecule has 2 aromatic heterocycles. The van der Waals surface area contributed by atoms with Gasteiger partial charge < -0.3 is 24.3 Å². The number of hydrogen-bond acceptors (Lipinski definition) is 10. The van der Waals surface area contributed by atoms with Crippen molar-refractivity contribution in [2.75, 3.05) is 26.1 Å². The number of carbonyl (C=O) groups excluding carboxylic acids is 1. The van der Waals surface area contributed by atoms with E-state index in [1.807, 2.05) is 30.3 Å². The van der Waals surface area contributed by atoms with Gasteiger partial charge in [-0.05, 0) is 30.5 Å².